The summed E-state index contributed by atoms with van der Waals surface area (Å²) in [6.45, 7) is 2.78. The second-order valence-electron chi connectivity index (χ2n) is 4.28. The first-order valence-corrected chi connectivity index (χ1v) is 4.94. The number of terminal acetylenes is 1. The van der Waals surface area contributed by atoms with Crippen molar-refractivity contribution in [3.63, 3.8) is 0 Å². The lowest BCUT2D eigenvalue weighted by Gasteiger charge is -2.36. The first kappa shape index (κ1) is 10.8. The Kier molecular flexibility index (Phi) is 2.13. The molecule has 1 heterocycles. The molecule has 0 spiro atoms. The lowest BCUT2D eigenvalue weighted by molar-refractivity contribution is -0.0681. The molecule has 1 aromatic rings. The number of alkyl halides is 2. The van der Waals surface area contributed by atoms with Gasteiger partial charge in [-0.1, -0.05) is 30.2 Å². The molecular weight excluding hydrogens is 208 g/mol. The van der Waals surface area contributed by atoms with Crippen LogP contribution in [0.1, 0.15) is 25.0 Å². The summed E-state index contributed by atoms with van der Waals surface area (Å²) in [5.74, 6) is -0.626. The van der Waals surface area contributed by atoms with Gasteiger partial charge < -0.3 is 0 Å². The Labute approximate surface area is 93.2 Å². The van der Waals surface area contributed by atoms with Gasteiger partial charge in [0.2, 0.25) is 0 Å². The summed E-state index contributed by atoms with van der Waals surface area (Å²) in [6, 6.07) is 6.25. The number of rotatable bonds is 0. The van der Waals surface area contributed by atoms with Gasteiger partial charge in [0.05, 0.1) is 0 Å². The third-order valence-corrected chi connectivity index (χ3v) is 2.82. The van der Waals surface area contributed by atoms with Gasteiger partial charge in [-0.2, -0.15) is 8.78 Å². The van der Waals surface area contributed by atoms with Crippen molar-refractivity contribution in [1.29, 1.82) is 0 Å². The number of aliphatic imine (C=N–C) groups is 1. The highest BCUT2D eigenvalue weighted by atomic mass is 19.3. The smallest absolute Gasteiger partial charge is 0.263 e. The van der Waals surface area contributed by atoms with Crippen LogP contribution >= 0.6 is 0 Å². The van der Waals surface area contributed by atoms with E-state index in [4.69, 9.17) is 6.42 Å². The molecule has 0 aliphatic carbocycles. The largest absolute Gasteiger partial charge is 0.298 e. The standard InChI is InChI=1S/C13H11F2N/c1-4-11-9-7-5-6-8-10(9)13(14,15)12(2,3)16-11/h1,5-8H,2-3H3. The van der Waals surface area contributed by atoms with Gasteiger partial charge in [-0.3, -0.25) is 4.99 Å². The average Bonchev–Trinajstić information content (AvgIpc) is 2.24. The molecule has 1 aliphatic heterocycles. The Morgan fingerprint density at radius 1 is 1.25 bits per heavy atom. The van der Waals surface area contributed by atoms with Crippen molar-refractivity contribution in [2.24, 2.45) is 4.99 Å². The summed E-state index contributed by atoms with van der Waals surface area (Å²) in [5.41, 5.74) is -0.882. The van der Waals surface area contributed by atoms with Crippen molar-refractivity contribution in [3.05, 3.63) is 35.4 Å². The lowest BCUT2D eigenvalue weighted by atomic mass is 9.83. The minimum atomic E-state index is -3.00. The molecule has 0 N–H and O–H groups in total. The van der Waals surface area contributed by atoms with Gasteiger partial charge in [0.1, 0.15) is 11.3 Å². The summed E-state index contributed by atoms with van der Waals surface area (Å²) < 4.78 is 28.2. The Morgan fingerprint density at radius 3 is 2.50 bits per heavy atom. The molecule has 82 valence electrons. The van der Waals surface area contributed by atoms with Gasteiger partial charge in [-0.15, -0.1) is 6.42 Å². The topological polar surface area (TPSA) is 12.4 Å². The van der Waals surface area contributed by atoms with Crippen molar-refractivity contribution in [3.8, 4) is 12.3 Å². The van der Waals surface area contributed by atoms with Crippen molar-refractivity contribution >= 4 is 5.71 Å². The molecule has 1 aromatic carbocycles. The SMILES string of the molecule is C#CC1=NC(C)(C)C(F)(F)c2ccccc21. The molecule has 2 rings (SSSR count). The van der Waals surface area contributed by atoms with Crippen LogP contribution in [-0.4, -0.2) is 11.3 Å². The molecule has 0 radical (unpaired) electrons. The number of fused-ring (bicyclic) bond motifs is 1. The monoisotopic (exact) mass is 219 g/mol. The number of hydrogen-bond acceptors (Lipinski definition) is 1. The predicted octanol–water partition coefficient (Wildman–Crippen LogP) is 2.99. The third-order valence-electron chi connectivity index (χ3n) is 2.82. The molecule has 0 unspecified atom stereocenters. The summed E-state index contributed by atoms with van der Waals surface area (Å²) in [5, 5.41) is 0. The highest BCUT2D eigenvalue weighted by Gasteiger charge is 2.52. The second kappa shape index (κ2) is 3.15. The highest BCUT2D eigenvalue weighted by molar-refractivity contribution is 6.14. The average molecular weight is 219 g/mol. The molecule has 16 heavy (non-hydrogen) atoms. The number of halogens is 2. The van der Waals surface area contributed by atoms with Crippen molar-refractivity contribution in [2.45, 2.75) is 25.3 Å². The molecule has 0 bridgehead atoms. The van der Waals surface area contributed by atoms with Gasteiger partial charge in [-0.25, -0.2) is 0 Å². The van der Waals surface area contributed by atoms with E-state index in [9.17, 15) is 8.78 Å². The molecule has 0 saturated carbocycles. The zero-order valence-corrected chi connectivity index (χ0v) is 9.09. The lowest BCUT2D eigenvalue weighted by Crippen LogP contribution is -2.43. The van der Waals surface area contributed by atoms with Crippen LogP contribution in [0.25, 0.3) is 0 Å². The van der Waals surface area contributed by atoms with Gasteiger partial charge in [-0.05, 0) is 13.8 Å². The summed E-state index contributed by atoms with van der Waals surface area (Å²) in [7, 11) is 0. The minimum absolute atomic E-state index is 0.0389. The summed E-state index contributed by atoms with van der Waals surface area (Å²) in [6.07, 6.45) is 5.30. The maximum Gasteiger partial charge on any atom is 0.298 e. The molecule has 0 aromatic heterocycles. The maximum atomic E-state index is 14.1. The molecule has 0 fully saturated rings. The van der Waals surface area contributed by atoms with E-state index in [1.165, 1.54) is 19.9 Å². The zero-order valence-electron chi connectivity index (χ0n) is 9.09. The summed E-state index contributed by atoms with van der Waals surface area (Å²) in [4.78, 5) is 3.96. The minimum Gasteiger partial charge on any atom is -0.263 e. The van der Waals surface area contributed by atoms with Gasteiger partial charge in [0.15, 0.2) is 0 Å². The molecule has 1 nitrogen and oxygen atoms in total. The Bertz CT molecular complexity index is 507. The number of nitrogens with zero attached hydrogens (tertiary/aromatic N) is 1. The van der Waals surface area contributed by atoms with Crippen LogP contribution in [0.2, 0.25) is 0 Å². The van der Waals surface area contributed by atoms with Gasteiger partial charge in [0, 0.05) is 11.1 Å². The fraction of sp³-hybridized carbons (Fsp3) is 0.308. The molecule has 0 amide bonds. The molecule has 1 aliphatic rings. The molecule has 0 saturated heterocycles. The van der Waals surface area contributed by atoms with Crippen molar-refractivity contribution in [1.82, 2.24) is 0 Å². The Morgan fingerprint density at radius 2 is 1.88 bits per heavy atom. The normalized spacial score (nSPS) is 20.6. The maximum absolute atomic E-state index is 14.1. The van der Waals surface area contributed by atoms with E-state index in [1.54, 1.807) is 18.2 Å². The first-order chi connectivity index (χ1) is 7.40. The summed E-state index contributed by atoms with van der Waals surface area (Å²) >= 11 is 0. The van der Waals surface area contributed by atoms with Crippen LogP contribution in [0.3, 0.4) is 0 Å². The van der Waals surface area contributed by atoms with E-state index in [0.29, 0.717) is 11.3 Å². The van der Waals surface area contributed by atoms with E-state index >= 15 is 0 Å². The van der Waals surface area contributed by atoms with E-state index in [2.05, 4.69) is 10.9 Å². The molecular formula is C13H11F2N. The molecule has 3 heteroatoms. The fourth-order valence-electron chi connectivity index (χ4n) is 1.81. The van der Waals surface area contributed by atoms with Gasteiger partial charge >= 0.3 is 0 Å². The Balaban J connectivity index is 2.77. The van der Waals surface area contributed by atoms with Crippen LogP contribution in [0.4, 0.5) is 8.78 Å². The second-order valence-corrected chi connectivity index (χ2v) is 4.28. The third kappa shape index (κ3) is 1.26. The predicted molar refractivity (Wildman–Crippen MR) is 59.8 cm³/mol. The first-order valence-electron chi connectivity index (χ1n) is 4.94. The van der Waals surface area contributed by atoms with Crippen LogP contribution in [-0.2, 0) is 5.92 Å². The fourth-order valence-corrected chi connectivity index (χ4v) is 1.81. The zero-order chi connectivity index (χ0) is 12.0. The van der Waals surface area contributed by atoms with E-state index in [-0.39, 0.29) is 5.56 Å². The quantitative estimate of drug-likeness (QED) is 0.595. The van der Waals surface area contributed by atoms with Crippen molar-refractivity contribution < 1.29 is 8.78 Å². The van der Waals surface area contributed by atoms with Crippen LogP contribution in [0.15, 0.2) is 29.3 Å². The van der Waals surface area contributed by atoms with E-state index in [0.717, 1.165) is 0 Å². The molecule has 0 atom stereocenters. The number of hydrogen-bond donors (Lipinski definition) is 0. The van der Waals surface area contributed by atoms with E-state index < -0.39 is 11.5 Å². The van der Waals surface area contributed by atoms with E-state index in [1.807, 2.05) is 0 Å². The van der Waals surface area contributed by atoms with Crippen LogP contribution in [0, 0.1) is 12.3 Å². The van der Waals surface area contributed by atoms with Crippen LogP contribution < -0.4 is 0 Å². The number of benzene rings is 1. The van der Waals surface area contributed by atoms with Gasteiger partial charge in [0.25, 0.3) is 5.92 Å². The Hall–Kier alpha value is -1.69. The highest BCUT2D eigenvalue weighted by Crippen LogP contribution is 2.45. The van der Waals surface area contributed by atoms with Crippen LogP contribution in [0.5, 0.6) is 0 Å². The van der Waals surface area contributed by atoms with Crippen molar-refractivity contribution in [2.75, 3.05) is 0 Å².